The molecular formula is C11H15N. The van der Waals surface area contributed by atoms with Gasteiger partial charge in [0.2, 0.25) is 0 Å². The second-order valence-corrected chi connectivity index (χ2v) is 3.03. The van der Waals surface area contributed by atoms with E-state index in [1.165, 1.54) is 22.9 Å². The lowest BCUT2D eigenvalue weighted by Gasteiger charge is -2.05. The van der Waals surface area contributed by atoms with E-state index in [1.807, 2.05) is 0 Å². The summed E-state index contributed by atoms with van der Waals surface area (Å²) in [4.78, 5) is 0. The minimum Gasteiger partial charge on any atom is -0.313 e. The maximum absolute atomic E-state index is 7.04. The second-order valence-electron chi connectivity index (χ2n) is 3.03. The smallest absolute Gasteiger partial charge is 0.00742 e. The normalized spacial score (nSPS) is 9.83. The van der Waals surface area contributed by atoms with Crippen molar-refractivity contribution in [3.8, 4) is 0 Å². The van der Waals surface area contributed by atoms with Gasteiger partial charge in [-0.3, -0.25) is 0 Å². The molecule has 1 rings (SSSR count). The summed E-state index contributed by atoms with van der Waals surface area (Å²) in [7, 11) is 0. The van der Waals surface area contributed by atoms with E-state index in [0.29, 0.717) is 0 Å². The molecule has 0 fully saturated rings. The Hall–Kier alpha value is -1.11. The minimum atomic E-state index is 0.767. The van der Waals surface area contributed by atoms with Crippen molar-refractivity contribution in [1.29, 1.82) is 5.41 Å². The molecule has 1 aromatic rings. The van der Waals surface area contributed by atoms with Crippen molar-refractivity contribution in [2.45, 2.75) is 26.7 Å². The topological polar surface area (TPSA) is 23.9 Å². The third kappa shape index (κ3) is 1.94. The van der Waals surface area contributed by atoms with Gasteiger partial charge in [-0.05, 0) is 30.7 Å². The minimum absolute atomic E-state index is 0.767. The van der Waals surface area contributed by atoms with Crippen LogP contribution in [0.25, 0.3) is 0 Å². The number of benzene rings is 1. The first kappa shape index (κ1) is 8.98. The molecule has 0 aromatic heterocycles. The summed E-state index contributed by atoms with van der Waals surface area (Å²) < 4.78 is 0. The number of nitrogens with one attached hydrogen (secondary N) is 1. The van der Waals surface area contributed by atoms with E-state index in [4.69, 9.17) is 5.41 Å². The molecule has 0 radical (unpaired) electrons. The highest BCUT2D eigenvalue weighted by Gasteiger charge is 1.98. The van der Waals surface area contributed by atoms with Crippen molar-refractivity contribution >= 4 is 6.21 Å². The van der Waals surface area contributed by atoms with Gasteiger partial charge in [-0.15, -0.1) is 0 Å². The van der Waals surface area contributed by atoms with E-state index >= 15 is 0 Å². The monoisotopic (exact) mass is 161 g/mol. The first-order valence-corrected chi connectivity index (χ1v) is 4.35. The highest BCUT2D eigenvalue weighted by Crippen LogP contribution is 2.12. The number of rotatable bonds is 3. The zero-order valence-electron chi connectivity index (χ0n) is 7.72. The molecule has 0 unspecified atom stereocenters. The molecule has 0 amide bonds. The quantitative estimate of drug-likeness (QED) is 0.659. The van der Waals surface area contributed by atoms with Crippen molar-refractivity contribution in [3.63, 3.8) is 0 Å². The molecule has 1 nitrogen and oxygen atoms in total. The summed E-state index contributed by atoms with van der Waals surface area (Å²) in [5.74, 6) is 0. The first-order chi connectivity index (χ1) is 5.77. The van der Waals surface area contributed by atoms with Crippen LogP contribution in [-0.2, 0) is 12.8 Å². The fourth-order valence-corrected chi connectivity index (χ4v) is 1.39. The zero-order chi connectivity index (χ0) is 8.97. The van der Waals surface area contributed by atoms with Crippen LogP contribution < -0.4 is 0 Å². The highest BCUT2D eigenvalue weighted by atomic mass is 14.3. The van der Waals surface area contributed by atoms with Crippen LogP contribution in [0.5, 0.6) is 0 Å². The average molecular weight is 161 g/mol. The lowest BCUT2D eigenvalue weighted by atomic mass is 10.0. The van der Waals surface area contributed by atoms with Crippen molar-refractivity contribution in [1.82, 2.24) is 0 Å². The summed E-state index contributed by atoms with van der Waals surface area (Å²) in [5, 5.41) is 7.04. The van der Waals surface area contributed by atoms with E-state index < -0.39 is 0 Å². The van der Waals surface area contributed by atoms with Gasteiger partial charge in [0.05, 0.1) is 0 Å². The molecule has 0 heterocycles. The third-order valence-corrected chi connectivity index (χ3v) is 2.06. The molecular weight excluding hydrogens is 146 g/mol. The van der Waals surface area contributed by atoms with Crippen LogP contribution in [0.3, 0.4) is 0 Å². The standard InChI is InChI=1S/C11H15N/c1-3-10-8-9(2)4-5-11(10)6-7-12/h4-5,7-8,12H,3,6H2,1-2H3. The summed E-state index contributed by atoms with van der Waals surface area (Å²) >= 11 is 0. The summed E-state index contributed by atoms with van der Waals surface area (Å²) in [6.07, 6.45) is 3.29. The molecule has 0 spiro atoms. The maximum atomic E-state index is 7.04. The summed E-state index contributed by atoms with van der Waals surface area (Å²) in [6, 6.07) is 6.44. The van der Waals surface area contributed by atoms with Gasteiger partial charge >= 0.3 is 0 Å². The van der Waals surface area contributed by atoms with Crippen LogP contribution in [0.1, 0.15) is 23.6 Å². The van der Waals surface area contributed by atoms with Gasteiger partial charge in [0, 0.05) is 6.42 Å². The van der Waals surface area contributed by atoms with Gasteiger partial charge < -0.3 is 5.41 Å². The van der Waals surface area contributed by atoms with Gasteiger partial charge in [0.1, 0.15) is 0 Å². The largest absolute Gasteiger partial charge is 0.313 e. The van der Waals surface area contributed by atoms with Crippen LogP contribution in [0.15, 0.2) is 18.2 Å². The molecule has 12 heavy (non-hydrogen) atoms. The lowest BCUT2D eigenvalue weighted by molar-refractivity contribution is 1.08. The van der Waals surface area contributed by atoms with Gasteiger partial charge in [0.15, 0.2) is 0 Å². The van der Waals surface area contributed by atoms with E-state index in [0.717, 1.165) is 12.8 Å². The molecule has 0 atom stereocenters. The van der Waals surface area contributed by atoms with Crippen LogP contribution in [0.2, 0.25) is 0 Å². The maximum Gasteiger partial charge on any atom is 0.00742 e. The van der Waals surface area contributed by atoms with Gasteiger partial charge in [-0.1, -0.05) is 30.7 Å². The van der Waals surface area contributed by atoms with Crippen LogP contribution in [0.4, 0.5) is 0 Å². The number of aryl methyl sites for hydroxylation is 2. The second kappa shape index (κ2) is 4.05. The summed E-state index contributed by atoms with van der Waals surface area (Å²) in [6.45, 7) is 4.26. The molecule has 1 N–H and O–H groups in total. The fraction of sp³-hybridized carbons (Fsp3) is 0.364. The Balaban J connectivity index is 3.01. The van der Waals surface area contributed by atoms with Gasteiger partial charge in [-0.2, -0.15) is 0 Å². The average Bonchev–Trinajstić information content (AvgIpc) is 2.08. The third-order valence-electron chi connectivity index (χ3n) is 2.06. The SMILES string of the molecule is CCc1cc(C)ccc1CC=N. The van der Waals surface area contributed by atoms with Crippen molar-refractivity contribution in [2.24, 2.45) is 0 Å². The highest BCUT2D eigenvalue weighted by molar-refractivity contribution is 5.59. The van der Waals surface area contributed by atoms with Crippen molar-refractivity contribution in [3.05, 3.63) is 34.9 Å². The Kier molecular flexibility index (Phi) is 3.03. The Labute approximate surface area is 73.9 Å². The molecule has 64 valence electrons. The first-order valence-electron chi connectivity index (χ1n) is 4.35. The van der Waals surface area contributed by atoms with Crippen LogP contribution >= 0.6 is 0 Å². The Morgan fingerprint density at radius 3 is 2.67 bits per heavy atom. The summed E-state index contributed by atoms with van der Waals surface area (Å²) in [5.41, 5.74) is 3.97. The van der Waals surface area contributed by atoms with E-state index in [-0.39, 0.29) is 0 Å². The van der Waals surface area contributed by atoms with E-state index in [2.05, 4.69) is 32.0 Å². The predicted octanol–water partition coefficient (Wildman–Crippen LogP) is 2.75. The Morgan fingerprint density at radius 1 is 1.33 bits per heavy atom. The van der Waals surface area contributed by atoms with E-state index in [9.17, 15) is 0 Å². The molecule has 0 aliphatic rings. The molecule has 1 aromatic carbocycles. The molecule has 1 heteroatoms. The zero-order valence-corrected chi connectivity index (χ0v) is 7.72. The van der Waals surface area contributed by atoms with Crippen molar-refractivity contribution in [2.75, 3.05) is 0 Å². The number of hydrogen-bond acceptors (Lipinski definition) is 1. The fourth-order valence-electron chi connectivity index (χ4n) is 1.39. The van der Waals surface area contributed by atoms with Gasteiger partial charge in [0.25, 0.3) is 0 Å². The lowest BCUT2D eigenvalue weighted by Crippen LogP contribution is -1.93. The molecule has 0 bridgehead atoms. The van der Waals surface area contributed by atoms with Crippen molar-refractivity contribution < 1.29 is 0 Å². The van der Waals surface area contributed by atoms with Crippen LogP contribution in [0, 0.1) is 12.3 Å². The molecule has 0 saturated carbocycles. The predicted molar refractivity (Wildman–Crippen MR) is 53.0 cm³/mol. The van der Waals surface area contributed by atoms with E-state index in [1.54, 1.807) is 0 Å². The molecule has 0 aliphatic carbocycles. The van der Waals surface area contributed by atoms with Gasteiger partial charge in [-0.25, -0.2) is 0 Å². The molecule has 0 saturated heterocycles. The Morgan fingerprint density at radius 2 is 2.08 bits per heavy atom. The Bertz CT molecular complexity index is 276. The molecule has 0 aliphatic heterocycles. The number of hydrogen-bond donors (Lipinski definition) is 1. The van der Waals surface area contributed by atoms with Crippen LogP contribution in [-0.4, -0.2) is 6.21 Å².